The Balaban J connectivity index is 1.49. The third-order valence-electron chi connectivity index (χ3n) is 9.02. The minimum Gasteiger partial charge on any atom is -0.342 e. The Morgan fingerprint density at radius 2 is 1.80 bits per heavy atom. The molecule has 1 aromatic rings. The summed E-state index contributed by atoms with van der Waals surface area (Å²) in [6.45, 7) is 8.41. The van der Waals surface area contributed by atoms with E-state index in [0.29, 0.717) is 17.7 Å². The van der Waals surface area contributed by atoms with Crippen molar-refractivity contribution in [2.24, 2.45) is 28.4 Å². The van der Waals surface area contributed by atoms with Gasteiger partial charge in [0.2, 0.25) is 5.91 Å². The van der Waals surface area contributed by atoms with E-state index < -0.39 is 0 Å². The topological polar surface area (TPSA) is 46.3 Å². The largest absolute Gasteiger partial charge is 0.342 e. The van der Waals surface area contributed by atoms with Crippen LogP contribution < -0.4 is 5.73 Å². The van der Waals surface area contributed by atoms with Crippen molar-refractivity contribution in [1.82, 2.24) is 4.90 Å². The average Bonchev–Trinajstić information content (AvgIpc) is 2.72. The Morgan fingerprint density at radius 1 is 1.13 bits per heavy atom. The van der Waals surface area contributed by atoms with Gasteiger partial charge in [-0.3, -0.25) is 4.79 Å². The zero-order valence-corrected chi connectivity index (χ0v) is 19.7. The lowest BCUT2D eigenvalue weighted by Gasteiger charge is -2.65. The first kappa shape index (κ1) is 20.9. The number of nitrogens with zero attached hydrogens (tertiary/aromatic N) is 1. The van der Waals surface area contributed by atoms with Crippen molar-refractivity contribution in [3.8, 4) is 0 Å². The maximum atomic E-state index is 14.2. The Hall–Kier alpha value is -1.00. The Bertz CT molecular complexity index is 791. The number of hydrogen-bond acceptors (Lipinski definition) is 3. The number of likely N-dealkylation sites (tertiary alicyclic amines) is 1. The van der Waals surface area contributed by atoms with Crippen LogP contribution in [0.4, 0.5) is 0 Å². The molecular formula is C26H38N2OS. The van der Waals surface area contributed by atoms with Crippen LogP contribution in [0.25, 0.3) is 0 Å². The fourth-order valence-corrected chi connectivity index (χ4v) is 9.15. The minimum absolute atomic E-state index is 0.00786. The molecule has 4 saturated carbocycles. The van der Waals surface area contributed by atoms with Gasteiger partial charge in [-0.25, -0.2) is 0 Å². The number of nitrogens with two attached hydrogens (primary N) is 1. The first-order valence-corrected chi connectivity index (χ1v) is 13.1. The number of rotatable bonds is 4. The van der Waals surface area contributed by atoms with E-state index in [4.69, 9.17) is 5.73 Å². The molecule has 1 aromatic carbocycles. The van der Waals surface area contributed by atoms with Gasteiger partial charge in [-0.2, -0.15) is 11.8 Å². The summed E-state index contributed by atoms with van der Waals surface area (Å²) in [6, 6.07) is 11.4. The lowest BCUT2D eigenvalue weighted by atomic mass is 9.42. The summed E-state index contributed by atoms with van der Waals surface area (Å²) >= 11 is 2.17. The second kappa shape index (κ2) is 7.27. The fraction of sp³-hybridized carbons (Fsp3) is 0.731. The van der Waals surface area contributed by atoms with Crippen molar-refractivity contribution < 1.29 is 4.79 Å². The molecule has 4 bridgehead atoms. The summed E-state index contributed by atoms with van der Waals surface area (Å²) in [7, 11) is 0. The van der Waals surface area contributed by atoms with Crippen LogP contribution in [-0.4, -0.2) is 40.9 Å². The highest BCUT2D eigenvalue weighted by Gasteiger charge is 2.64. The lowest BCUT2D eigenvalue weighted by Crippen LogP contribution is -2.65. The molecule has 3 nitrogen and oxygen atoms in total. The van der Waals surface area contributed by atoms with Gasteiger partial charge in [0.05, 0.1) is 5.41 Å². The van der Waals surface area contributed by atoms with Crippen LogP contribution in [0.2, 0.25) is 0 Å². The van der Waals surface area contributed by atoms with Gasteiger partial charge < -0.3 is 10.6 Å². The molecule has 1 heterocycles. The smallest absolute Gasteiger partial charge is 0.228 e. The van der Waals surface area contributed by atoms with Crippen molar-refractivity contribution in [2.45, 2.75) is 76.0 Å². The van der Waals surface area contributed by atoms with Crippen LogP contribution in [0.5, 0.6) is 0 Å². The Morgan fingerprint density at radius 3 is 2.40 bits per heavy atom. The number of thioether (sulfide) groups is 1. The first-order chi connectivity index (χ1) is 14.3. The predicted octanol–water partition coefficient (Wildman–Crippen LogP) is 4.84. The molecule has 4 heteroatoms. The molecule has 6 rings (SSSR count). The van der Waals surface area contributed by atoms with Crippen LogP contribution in [-0.2, 0) is 10.2 Å². The molecule has 0 aromatic heterocycles. The molecular weight excluding hydrogens is 388 g/mol. The zero-order chi connectivity index (χ0) is 21.1. The second-order valence-electron chi connectivity index (χ2n) is 11.5. The maximum Gasteiger partial charge on any atom is 0.228 e. The van der Waals surface area contributed by atoms with Crippen molar-refractivity contribution in [3.05, 3.63) is 35.9 Å². The highest BCUT2D eigenvalue weighted by molar-refractivity contribution is 7.99. The van der Waals surface area contributed by atoms with Crippen molar-refractivity contribution in [3.63, 3.8) is 0 Å². The molecule has 5 fully saturated rings. The molecule has 4 aliphatic carbocycles. The van der Waals surface area contributed by atoms with Gasteiger partial charge in [0, 0.05) is 24.4 Å². The summed E-state index contributed by atoms with van der Waals surface area (Å²) in [5, 5.41) is 0.749. The molecule has 5 aliphatic rings. The zero-order valence-electron chi connectivity index (χ0n) is 18.9. The van der Waals surface area contributed by atoms with E-state index in [1.165, 1.54) is 24.2 Å². The van der Waals surface area contributed by atoms with Gasteiger partial charge in [-0.05, 0) is 72.5 Å². The molecule has 3 atom stereocenters. The summed E-state index contributed by atoms with van der Waals surface area (Å²) in [4.78, 5) is 16.4. The Kier molecular flexibility index (Phi) is 5.06. The van der Waals surface area contributed by atoms with E-state index in [1.54, 1.807) is 0 Å². The predicted molar refractivity (Wildman–Crippen MR) is 125 cm³/mol. The normalized spacial score (nSPS) is 41.8. The van der Waals surface area contributed by atoms with Gasteiger partial charge in [-0.15, -0.1) is 0 Å². The molecule has 164 valence electrons. The molecule has 2 unspecified atom stereocenters. The van der Waals surface area contributed by atoms with Gasteiger partial charge >= 0.3 is 0 Å². The summed E-state index contributed by atoms with van der Waals surface area (Å²) < 4.78 is 0. The quantitative estimate of drug-likeness (QED) is 0.749. The average molecular weight is 427 g/mol. The number of piperidine rings is 1. The summed E-state index contributed by atoms with van der Waals surface area (Å²) in [5.74, 6) is 3.01. The van der Waals surface area contributed by atoms with E-state index in [1.807, 2.05) is 0 Å². The first-order valence-electron chi connectivity index (χ1n) is 12.0. The van der Waals surface area contributed by atoms with E-state index in [0.717, 1.165) is 44.0 Å². The third-order valence-corrected chi connectivity index (χ3v) is 10.5. The molecule has 30 heavy (non-hydrogen) atoms. The lowest BCUT2D eigenvalue weighted by molar-refractivity contribution is -0.162. The maximum absolute atomic E-state index is 14.2. The van der Waals surface area contributed by atoms with Gasteiger partial charge in [-0.1, -0.05) is 51.1 Å². The van der Waals surface area contributed by atoms with E-state index in [9.17, 15) is 4.79 Å². The monoisotopic (exact) mass is 426 g/mol. The van der Waals surface area contributed by atoms with E-state index >= 15 is 0 Å². The summed E-state index contributed by atoms with van der Waals surface area (Å²) in [6.07, 6.45) is 6.75. The number of carbonyl (C=O) groups excluding carboxylic acids is 1. The number of carbonyl (C=O) groups is 1. The standard InChI is InChI=1S/C26H38N2OS/c1-4-30-22-18-12-25(20-8-6-5-7-9-20)13-19(22)15-26(14-18,16-25)23(29)28-11-10-21(27)24(2,3)17-28/h5-9,18-19,21-22H,4,10-17,27H2,1-3H3/t18?,19?,21-,22?,25?,26?/m0/s1. The van der Waals surface area contributed by atoms with E-state index in [2.05, 4.69) is 67.8 Å². The van der Waals surface area contributed by atoms with Crippen LogP contribution in [0.3, 0.4) is 0 Å². The van der Waals surface area contributed by atoms with Gasteiger partial charge in [0.25, 0.3) is 0 Å². The van der Waals surface area contributed by atoms with Crippen LogP contribution in [0.15, 0.2) is 30.3 Å². The van der Waals surface area contributed by atoms with Gasteiger partial charge in [0.15, 0.2) is 0 Å². The Labute approximate surface area is 186 Å². The van der Waals surface area contributed by atoms with Crippen LogP contribution >= 0.6 is 11.8 Å². The number of benzene rings is 1. The van der Waals surface area contributed by atoms with Crippen LogP contribution in [0.1, 0.15) is 64.9 Å². The summed E-state index contributed by atoms with van der Waals surface area (Å²) in [5.41, 5.74) is 7.94. The van der Waals surface area contributed by atoms with Crippen molar-refractivity contribution in [1.29, 1.82) is 0 Å². The highest BCUT2D eigenvalue weighted by atomic mass is 32.2. The minimum atomic E-state index is -0.149. The fourth-order valence-electron chi connectivity index (χ4n) is 7.83. The van der Waals surface area contributed by atoms with Crippen LogP contribution in [0, 0.1) is 22.7 Å². The SMILES string of the molecule is CCSC1C2CC3(C(=O)N4CC[C@H](N)C(C)(C)C4)CC1CC(c1ccccc1)(C2)C3. The van der Waals surface area contributed by atoms with E-state index in [-0.39, 0.29) is 22.3 Å². The molecule has 1 aliphatic heterocycles. The molecule has 1 amide bonds. The molecule has 2 N–H and O–H groups in total. The second-order valence-corrected chi connectivity index (χ2v) is 12.9. The molecule has 0 spiro atoms. The molecule has 1 saturated heterocycles. The van der Waals surface area contributed by atoms with Crippen molar-refractivity contribution >= 4 is 17.7 Å². The molecule has 0 radical (unpaired) electrons. The van der Waals surface area contributed by atoms with Gasteiger partial charge in [0.1, 0.15) is 0 Å². The third kappa shape index (κ3) is 3.16. The number of amides is 1. The highest BCUT2D eigenvalue weighted by Crippen LogP contribution is 2.68. The number of hydrogen-bond donors (Lipinski definition) is 1. The van der Waals surface area contributed by atoms with Crippen molar-refractivity contribution in [2.75, 3.05) is 18.8 Å².